The number of ether oxygens (including phenoxy) is 1. The van der Waals surface area contributed by atoms with Crippen LogP contribution in [0.15, 0.2) is 73.3 Å². The van der Waals surface area contributed by atoms with E-state index in [0.717, 1.165) is 19.4 Å². The minimum absolute atomic E-state index is 0.194. The summed E-state index contributed by atoms with van der Waals surface area (Å²) in [6.07, 6.45) is 4.49. The zero-order valence-electron chi connectivity index (χ0n) is 12.6. The van der Waals surface area contributed by atoms with Gasteiger partial charge in [0.05, 0.1) is 18.1 Å². The zero-order chi connectivity index (χ0) is 16.0. The predicted molar refractivity (Wildman–Crippen MR) is 96.8 cm³/mol. The molecule has 22 heavy (non-hydrogen) atoms. The molecule has 0 saturated carbocycles. The van der Waals surface area contributed by atoms with Crippen LogP contribution < -0.4 is 0 Å². The summed E-state index contributed by atoms with van der Waals surface area (Å²) in [7, 11) is 0. The first-order valence-electron chi connectivity index (χ1n) is 7.22. The van der Waals surface area contributed by atoms with Crippen molar-refractivity contribution in [3.8, 4) is 0 Å². The van der Waals surface area contributed by atoms with Gasteiger partial charge in [-0.05, 0) is 17.5 Å². The van der Waals surface area contributed by atoms with Crippen LogP contribution in [-0.4, -0.2) is 18.1 Å². The van der Waals surface area contributed by atoms with Gasteiger partial charge in [-0.2, -0.15) is 0 Å². The van der Waals surface area contributed by atoms with Crippen LogP contribution >= 0.6 is 23.2 Å². The Morgan fingerprint density at radius 3 is 1.82 bits per heavy atom. The third-order valence-corrected chi connectivity index (χ3v) is 2.93. The lowest BCUT2D eigenvalue weighted by Gasteiger charge is -1.93. The second-order valence-corrected chi connectivity index (χ2v) is 5.53. The summed E-state index contributed by atoms with van der Waals surface area (Å²) >= 11 is 9.53. The Bertz CT molecular complexity index is 495. The van der Waals surface area contributed by atoms with Gasteiger partial charge in [-0.1, -0.05) is 66.7 Å². The van der Waals surface area contributed by atoms with E-state index in [-0.39, 0.29) is 5.34 Å². The SMILES string of the molecule is C=CCc1ccccc1.ClCCl.c1ccc(CC2CO2)cc1. The summed E-state index contributed by atoms with van der Waals surface area (Å²) in [4.78, 5) is 0. The largest absolute Gasteiger partial charge is 0.373 e. The molecule has 1 heterocycles. The summed E-state index contributed by atoms with van der Waals surface area (Å²) in [5.41, 5.74) is 2.71. The van der Waals surface area contributed by atoms with E-state index in [0.29, 0.717) is 6.10 Å². The molecule has 0 aromatic heterocycles. The highest BCUT2D eigenvalue weighted by Gasteiger charge is 2.21. The molecule has 2 aromatic rings. The molecular weight excluding hydrogens is 315 g/mol. The molecule has 118 valence electrons. The van der Waals surface area contributed by atoms with Gasteiger partial charge in [0.2, 0.25) is 0 Å². The summed E-state index contributed by atoms with van der Waals surface area (Å²) < 4.78 is 5.11. The highest BCUT2D eigenvalue weighted by molar-refractivity contribution is 6.40. The van der Waals surface area contributed by atoms with Gasteiger partial charge in [-0.15, -0.1) is 29.8 Å². The number of alkyl halides is 2. The van der Waals surface area contributed by atoms with E-state index in [1.54, 1.807) is 0 Å². The fraction of sp³-hybridized carbons (Fsp3) is 0.263. The Balaban J connectivity index is 0.000000189. The number of benzene rings is 2. The number of hydrogen-bond acceptors (Lipinski definition) is 1. The highest BCUT2D eigenvalue weighted by Crippen LogP contribution is 2.15. The average Bonchev–Trinajstić information content (AvgIpc) is 3.35. The van der Waals surface area contributed by atoms with Crippen molar-refractivity contribution in [3.05, 3.63) is 84.4 Å². The number of epoxide rings is 1. The molecule has 1 atom stereocenters. The molecule has 1 unspecified atom stereocenters. The van der Waals surface area contributed by atoms with Crippen molar-refractivity contribution >= 4 is 23.2 Å². The molecule has 3 heteroatoms. The van der Waals surface area contributed by atoms with Crippen molar-refractivity contribution in [1.29, 1.82) is 0 Å². The predicted octanol–water partition coefficient (Wildman–Crippen LogP) is 5.46. The van der Waals surface area contributed by atoms with Crippen molar-refractivity contribution in [2.75, 3.05) is 11.9 Å². The summed E-state index contributed by atoms with van der Waals surface area (Å²) in [5, 5.41) is 0.194. The van der Waals surface area contributed by atoms with Crippen LogP contribution in [0, 0.1) is 0 Å². The van der Waals surface area contributed by atoms with E-state index < -0.39 is 0 Å². The fourth-order valence-corrected chi connectivity index (χ4v) is 1.84. The number of rotatable bonds is 4. The van der Waals surface area contributed by atoms with E-state index >= 15 is 0 Å². The third kappa shape index (κ3) is 9.62. The van der Waals surface area contributed by atoms with Gasteiger partial charge < -0.3 is 4.74 Å². The molecule has 1 nitrogen and oxygen atoms in total. The third-order valence-electron chi connectivity index (χ3n) is 2.93. The van der Waals surface area contributed by atoms with Crippen LogP contribution in [-0.2, 0) is 17.6 Å². The normalized spacial score (nSPS) is 14.7. The first-order chi connectivity index (χ1) is 10.8. The molecule has 0 N–H and O–H groups in total. The molecular formula is C19H22Cl2O. The Kier molecular flexibility index (Phi) is 10.5. The summed E-state index contributed by atoms with van der Waals surface area (Å²) in [6, 6.07) is 20.8. The van der Waals surface area contributed by atoms with Crippen LogP contribution in [0.25, 0.3) is 0 Å². The first kappa shape index (κ1) is 18.8. The van der Waals surface area contributed by atoms with E-state index in [2.05, 4.69) is 43.0 Å². The molecule has 0 bridgehead atoms. The van der Waals surface area contributed by atoms with Crippen LogP contribution in [0.4, 0.5) is 0 Å². The molecule has 1 aliphatic heterocycles. The molecule has 0 aliphatic carbocycles. The first-order valence-corrected chi connectivity index (χ1v) is 8.29. The molecule has 3 rings (SSSR count). The van der Waals surface area contributed by atoms with Crippen molar-refractivity contribution in [2.24, 2.45) is 0 Å². The minimum atomic E-state index is 0.194. The minimum Gasteiger partial charge on any atom is -0.373 e. The lowest BCUT2D eigenvalue weighted by Crippen LogP contribution is -1.90. The number of allylic oxidation sites excluding steroid dienone is 1. The van der Waals surface area contributed by atoms with Crippen molar-refractivity contribution in [2.45, 2.75) is 18.9 Å². The second-order valence-electron chi connectivity index (χ2n) is 4.72. The smallest absolute Gasteiger partial charge is 0.0967 e. The molecule has 0 spiro atoms. The van der Waals surface area contributed by atoms with Gasteiger partial charge >= 0.3 is 0 Å². The van der Waals surface area contributed by atoms with E-state index in [9.17, 15) is 0 Å². The number of halogens is 2. The molecule has 1 saturated heterocycles. The lowest BCUT2D eigenvalue weighted by atomic mass is 10.1. The van der Waals surface area contributed by atoms with Gasteiger partial charge in [0, 0.05) is 6.42 Å². The Labute approximate surface area is 143 Å². The van der Waals surface area contributed by atoms with Gasteiger partial charge in [0.1, 0.15) is 0 Å². The maximum Gasteiger partial charge on any atom is 0.0967 e. The van der Waals surface area contributed by atoms with Crippen LogP contribution in [0.5, 0.6) is 0 Å². The Hall–Kier alpha value is -1.28. The van der Waals surface area contributed by atoms with Gasteiger partial charge in [-0.3, -0.25) is 0 Å². The van der Waals surface area contributed by atoms with Gasteiger partial charge in [0.25, 0.3) is 0 Å². The maximum absolute atomic E-state index is 5.11. The summed E-state index contributed by atoms with van der Waals surface area (Å²) in [5.74, 6) is 0. The van der Waals surface area contributed by atoms with Crippen molar-refractivity contribution in [1.82, 2.24) is 0 Å². The second kappa shape index (κ2) is 12.3. The number of hydrogen-bond donors (Lipinski definition) is 0. The molecule has 0 amide bonds. The van der Waals surface area contributed by atoms with E-state index in [1.165, 1.54) is 11.1 Å². The average molecular weight is 337 g/mol. The molecule has 2 aromatic carbocycles. The van der Waals surface area contributed by atoms with Crippen LogP contribution in [0.2, 0.25) is 0 Å². The lowest BCUT2D eigenvalue weighted by molar-refractivity contribution is 0.407. The van der Waals surface area contributed by atoms with Crippen LogP contribution in [0.1, 0.15) is 11.1 Å². The fourth-order valence-electron chi connectivity index (χ4n) is 1.84. The van der Waals surface area contributed by atoms with Crippen molar-refractivity contribution in [3.63, 3.8) is 0 Å². The Morgan fingerprint density at radius 2 is 1.41 bits per heavy atom. The molecule has 1 aliphatic rings. The molecule has 0 radical (unpaired) electrons. The van der Waals surface area contributed by atoms with E-state index in [4.69, 9.17) is 27.9 Å². The van der Waals surface area contributed by atoms with Crippen molar-refractivity contribution < 1.29 is 4.74 Å². The zero-order valence-corrected chi connectivity index (χ0v) is 14.1. The highest BCUT2D eigenvalue weighted by atomic mass is 35.5. The topological polar surface area (TPSA) is 12.5 Å². The summed E-state index contributed by atoms with van der Waals surface area (Å²) in [6.45, 7) is 4.61. The van der Waals surface area contributed by atoms with Gasteiger partial charge in [-0.25, -0.2) is 0 Å². The Morgan fingerprint density at radius 1 is 0.955 bits per heavy atom. The quantitative estimate of drug-likeness (QED) is 0.410. The van der Waals surface area contributed by atoms with E-state index in [1.807, 2.05) is 30.3 Å². The molecule has 1 fully saturated rings. The standard InChI is InChI=1S/C9H10O.C9H10.CH2Cl2/c1-2-4-8(5-3-1)6-9-7-10-9;1-2-6-9-7-4-3-5-8-9;2-1-3/h1-5,9H,6-7H2;2-5,7-8H,1,6H2;1H2. The van der Waals surface area contributed by atoms with Gasteiger partial charge in [0.15, 0.2) is 0 Å². The maximum atomic E-state index is 5.11. The van der Waals surface area contributed by atoms with Crippen LogP contribution in [0.3, 0.4) is 0 Å². The monoisotopic (exact) mass is 336 g/mol.